The van der Waals surface area contributed by atoms with Gasteiger partial charge in [0.05, 0.1) is 0 Å². The fraction of sp³-hybridized carbons (Fsp3) is 0.545. The number of nitrogen functional groups attached to an aromatic ring is 1. The lowest BCUT2D eigenvalue weighted by Gasteiger charge is -2.22. The Labute approximate surface area is 84.7 Å². The summed E-state index contributed by atoms with van der Waals surface area (Å²) in [7, 11) is 0. The Hall–Kier alpha value is -1.25. The molecule has 1 aliphatic carbocycles. The van der Waals surface area contributed by atoms with E-state index >= 15 is 0 Å². The molecule has 0 aliphatic heterocycles. The first-order chi connectivity index (χ1) is 6.62. The molecule has 0 bridgehead atoms. The van der Waals surface area contributed by atoms with Crippen molar-refractivity contribution in [1.29, 1.82) is 0 Å². The summed E-state index contributed by atoms with van der Waals surface area (Å²) in [6.07, 6.45) is 4.22. The van der Waals surface area contributed by atoms with E-state index in [0.29, 0.717) is 5.92 Å². The number of pyridine rings is 1. The molecular formula is C11H17N3. The van der Waals surface area contributed by atoms with Crippen LogP contribution >= 0.6 is 0 Å². The largest absolute Gasteiger partial charge is 0.399 e. The van der Waals surface area contributed by atoms with Crippen LogP contribution in [0.15, 0.2) is 18.3 Å². The highest BCUT2D eigenvalue weighted by atomic mass is 15.1. The predicted molar refractivity (Wildman–Crippen MR) is 59.1 cm³/mol. The van der Waals surface area contributed by atoms with Gasteiger partial charge in [-0.3, -0.25) is 0 Å². The Morgan fingerprint density at radius 1 is 1.50 bits per heavy atom. The zero-order chi connectivity index (χ0) is 10.2. The summed E-state index contributed by atoms with van der Waals surface area (Å²) in [4.78, 5) is 4.26. The molecule has 2 rings (SSSR count). The lowest BCUT2D eigenvalue weighted by atomic mass is 10.0. The van der Waals surface area contributed by atoms with Crippen molar-refractivity contribution in [2.45, 2.75) is 32.2 Å². The van der Waals surface area contributed by atoms with Crippen LogP contribution < -0.4 is 11.1 Å². The van der Waals surface area contributed by atoms with E-state index in [0.717, 1.165) is 11.5 Å². The molecular weight excluding hydrogens is 174 g/mol. The van der Waals surface area contributed by atoms with Crippen molar-refractivity contribution in [2.75, 3.05) is 11.1 Å². The summed E-state index contributed by atoms with van der Waals surface area (Å²) in [5.74, 6) is 1.54. The highest BCUT2D eigenvalue weighted by Crippen LogP contribution is 2.44. The summed E-state index contributed by atoms with van der Waals surface area (Å²) in [5, 5.41) is 3.48. The van der Waals surface area contributed by atoms with Crippen molar-refractivity contribution in [2.24, 2.45) is 5.92 Å². The molecule has 0 radical (unpaired) electrons. The van der Waals surface area contributed by atoms with Crippen molar-refractivity contribution in [3.8, 4) is 0 Å². The average molecular weight is 191 g/mol. The molecule has 0 saturated heterocycles. The Morgan fingerprint density at radius 3 is 2.71 bits per heavy atom. The van der Waals surface area contributed by atoms with Gasteiger partial charge in [-0.15, -0.1) is 0 Å². The summed E-state index contributed by atoms with van der Waals surface area (Å²) in [6.45, 7) is 4.48. The molecule has 0 spiro atoms. The molecule has 1 aliphatic rings. The first-order valence-corrected chi connectivity index (χ1v) is 5.12. The molecule has 0 aromatic carbocycles. The SMILES string of the molecule is CC(C)C1(Nc2cc(N)ccn2)CC1. The number of anilines is 2. The second-order valence-electron chi connectivity index (χ2n) is 4.41. The molecule has 3 N–H and O–H groups in total. The molecule has 0 atom stereocenters. The first kappa shape index (κ1) is 9.31. The number of nitrogens with two attached hydrogens (primary N) is 1. The fourth-order valence-corrected chi connectivity index (χ4v) is 1.75. The monoisotopic (exact) mass is 191 g/mol. The van der Waals surface area contributed by atoms with E-state index < -0.39 is 0 Å². The molecule has 3 nitrogen and oxygen atoms in total. The summed E-state index contributed by atoms with van der Waals surface area (Å²) in [5.41, 5.74) is 6.74. The standard InChI is InChI=1S/C11H17N3/c1-8(2)11(4-5-11)14-10-7-9(12)3-6-13-10/h3,6-8H,4-5H2,1-2H3,(H3,12,13,14). The quantitative estimate of drug-likeness (QED) is 0.770. The molecule has 1 aromatic rings. The minimum absolute atomic E-state index is 0.279. The lowest BCUT2D eigenvalue weighted by Crippen LogP contribution is -2.28. The van der Waals surface area contributed by atoms with E-state index in [1.807, 2.05) is 6.07 Å². The molecule has 3 heteroatoms. The van der Waals surface area contributed by atoms with E-state index in [2.05, 4.69) is 24.1 Å². The Bertz CT molecular complexity index is 329. The van der Waals surface area contributed by atoms with Gasteiger partial charge in [0, 0.05) is 23.5 Å². The van der Waals surface area contributed by atoms with Crippen LogP contribution in [-0.2, 0) is 0 Å². The third kappa shape index (κ3) is 1.67. The van der Waals surface area contributed by atoms with Crippen molar-refractivity contribution in [1.82, 2.24) is 4.98 Å². The van der Waals surface area contributed by atoms with Crippen LogP contribution in [0.25, 0.3) is 0 Å². The normalized spacial score (nSPS) is 18.2. The van der Waals surface area contributed by atoms with E-state index in [1.165, 1.54) is 12.8 Å². The molecule has 1 saturated carbocycles. The summed E-state index contributed by atoms with van der Waals surface area (Å²) in [6, 6.07) is 3.70. The van der Waals surface area contributed by atoms with Crippen molar-refractivity contribution < 1.29 is 0 Å². The van der Waals surface area contributed by atoms with Crippen molar-refractivity contribution >= 4 is 11.5 Å². The number of hydrogen-bond donors (Lipinski definition) is 2. The number of nitrogens with one attached hydrogen (secondary N) is 1. The minimum Gasteiger partial charge on any atom is -0.399 e. The third-order valence-corrected chi connectivity index (χ3v) is 3.05. The van der Waals surface area contributed by atoms with Gasteiger partial charge in [-0.25, -0.2) is 4.98 Å². The highest BCUT2D eigenvalue weighted by molar-refractivity contribution is 5.50. The Morgan fingerprint density at radius 2 is 2.21 bits per heavy atom. The van der Waals surface area contributed by atoms with E-state index in [4.69, 9.17) is 5.73 Å². The van der Waals surface area contributed by atoms with Gasteiger partial charge < -0.3 is 11.1 Å². The van der Waals surface area contributed by atoms with Crippen LogP contribution in [0.5, 0.6) is 0 Å². The number of nitrogens with zero attached hydrogens (tertiary/aromatic N) is 1. The summed E-state index contributed by atoms with van der Waals surface area (Å²) < 4.78 is 0. The minimum atomic E-state index is 0.279. The van der Waals surface area contributed by atoms with Crippen LogP contribution in [0.2, 0.25) is 0 Å². The molecule has 0 amide bonds. The van der Waals surface area contributed by atoms with Gasteiger partial charge in [0.1, 0.15) is 5.82 Å². The molecule has 1 fully saturated rings. The van der Waals surface area contributed by atoms with Crippen molar-refractivity contribution in [3.63, 3.8) is 0 Å². The summed E-state index contributed by atoms with van der Waals surface area (Å²) >= 11 is 0. The van der Waals surface area contributed by atoms with Crippen LogP contribution in [0, 0.1) is 5.92 Å². The number of aromatic nitrogens is 1. The molecule has 0 unspecified atom stereocenters. The van der Waals surface area contributed by atoms with E-state index in [1.54, 1.807) is 12.3 Å². The smallest absolute Gasteiger partial charge is 0.128 e. The second kappa shape index (κ2) is 3.15. The first-order valence-electron chi connectivity index (χ1n) is 5.12. The third-order valence-electron chi connectivity index (χ3n) is 3.05. The van der Waals surface area contributed by atoms with Gasteiger partial charge >= 0.3 is 0 Å². The maximum Gasteiger partial charge on any atom is 0.128 e. The molecule has 1 aromatic heterocycles. The fourth-order valence-electron chi connectivity index (χ4n) is 1.75. The number of hydrogen-bond acceptors (Lipinski definition) is 3. The van der Waals surface area contributed by atoms with Crippen LogP contribution in [0.4, 0.5) is 11.5 Å². The molecule has 14 heavy (non-hydrogen) atoms. The van der Waals surface area contributed by atoms with E-state index in [-0.39, 0.29) is 5.54 Å². The highest BCUT2D eigenvalue weighted by Gasteiger charge is 2.45. The Balaban J connectivity index is 2.11. The molecule has 1 heterocycles. The van der Waals surface area contributed by atoms with Crippen molar-refractivity contribution in [3.05, 3.63) is 18.3 Å². The topological polar surface area (TPSA) is 50.9 Å². The van der Waals surface area contributed by atoms with Gasteiger partial charge in [-0.2, -0.15) is 0 Å². The van der Waals surface area contributed by atoms with Gasteiger partial charge in [0.2, 0.25) is 0 Å². The van der Waals surface area contributed by atoms with Crippen LogP contribution in [0.3, 0.4) is 0 Å². The van der Waals surface area contributed by atoms with Gasteiger partial charge in [0.25, 0.3) is 0 Å². The van der Waals surface area contributed by atoms with Gasteiger partial charge in [-0.1, -0.05) is 13.8 Å². The zero-order valence-corrected chi connectivity index (χ0v) is 8.75. The van der Waals surface area contributed by atoms with Crippen LogP contribution in [-0.4, -0.2) is 10.5 Å². The van der Waals surface area contributed by atoms with Gasteiger partial charge in [0.15, 0.2) is 0 Å². The molecule has 76 valence electrons. The average Bonchev–Trinajstić information content (AvgIpc) is 2.85. The van der Waals surface area contributed by atoms with Gasteiger partial charge in [-0.05, 0) is 24.8 Å². The number of rotatable bonds is 3. The lowest BCUT2D eigenvalue weighted by molar-refractivity contribution is 0.510. The zero-order valence-electron chi connectivity index (χ0n) is 8.75. The van der Waals surface area contributed by atoms with E-state index in [9.17, 15) is 0 Å². The van der Waals surface area contributed by atoms with Crippen LogP contribution in [0.1, 0.15) is 26.7 Å². The maximum atomic E-state index is 5.69. The predicted octanol–water partition coefficient (Wildman–Crippen LogP) is 2.26. The Kier molecular flexibility index (Phi) is 2.10. The maximum absolute atomic E-state index is 5.69. The second-order valence-corrected chi connectivity index (χ2v) is 4.41.